The van der Waals surface area contributed by atoms with E-state index >= 15 is 0 Å². The number of sulfonamides is 1. The number of halogens is 1. The fourth-order valence-electron chi connectivity index (χ4n) is 3.67. The van der Waals surface area contributed by atoms with Gasteiger partial charge in [0.1, 0.15) is 11.6 Å². The number of nitrogens with zero attached hydrogens (tertiary/aromatic N) is 3. The van der Waals surface area contributed by atoms with E-state index in [9.17, 15) is 18.0 Å². The third-order valence-electron chi connectivity index (χ3n) is 5.28. The molecule has 2 heterocycles. The molecule has 4 rings (SSSR count). The molecule has 0 saturated heterocycles. The third kappa shape index (κ3) is 4.09. The van der Waals surface area contributed by atoms with Crippen LogP contribution in [0.25, 0.3) is 16.6 Å². The van der Waals surface area contributed by atoms with E-state index in [1.54, 1.807) is 37.3 Å². The lowest BCUT2D eigenvalue weighted by Crippen LogP contribution is -2.19. The summed E-state index contributed by atoms with van der Waals surface area (Å²) in [5.74, 6) is -0.442. The van der Waals surface area contributed by atoms with Crippen molar-refractivity contribution in [2.45, 2.75) is 38.0 Å². The van der Waals surface area contributed by atoms with E-state index in [4.69, 9.17) is 5.41 Å². The van der Waals surface area contributed by atoms with Crippen LogP contribution in [0, 0.1) is 18.2 Å². The Morgan fingerprint density at radius 1 is 1.09 bits per heavy atom. The molecular formula is C23H24FN5O3S. The monoisotopic (exact) mass is 469 g/mol. The fourth-order valence-corrected chi connectivity index (χ4v) is 4.71. The number of rotatable bonds is 4. The number of hydrogen-bond acceptors (Lipinski definition) is 5. The number of nitrogens with one attached hydrogen (secondary N) is 2. The highest BCUT2D eigenvalue weighted by molar-refractivity contribution is 7.92. The van der Waals surface area contributed by atoms with Crippen LogP contribution in [0.2, 0.25) is 0 Å². The average molecular weight is 470 g/mol. The van der Waals surface area contributed by atoms with Gasteiger partial charge in [-0.3, -0.25) is 10.1 Å². The molecule has 4 aromatic rings. The summed E-state index contributed by atoms with van der Waals surface area (Å²) in [5, 5.41) is 22.9. The summed E-state index contributed by atoms with van der Waals surface area (Å²) in [6, 6.07) is 13.5. The molecule has 0 aliphatic rings. The highest BCUT2D eigenvalue weighted by atomic mass is 32.2. The van der Waals surface area contributed by atoms with Crippen LogP contribution in [0.5, 0.6) is 0 Å². The van der Waals surface area contributed by atoms with Gasteiger partial charge in [0.25, 0.3) is 10.0 Å². The van der Waals surface area contributed by atoms with Gasteiger partial charge in [0.2, 0.25) is 0 Å². The van der Waals surface area contributed by atoms with Crippen molar-refractivity contribution in [2.24, 2.45) is 0 Å². The molecule has 10 heteroatoms. The Bertz CT molecular complexity index is 1550. The normalized spacial score (nSPS) is 12.3. The van der Waals surface area contributed by atoms with Gasteiger partial charge in [0, 0.05) is 11.5 Å². The number of aromatic nitrogens is 3. The second-order valence-corrected chi connectivity index (χ2v) is 10.5. The minimum atomic E-state index is -4.12. The van der Waals surface area contributed by atoms with Gasteiger partial charge in [-0.15, -0.1) is 0 Å². The van der Waals surface area contributed by atoms with Gasteiger partial charge in [0.05, 0.1) is 21.8 Å². The summed E-state index contributed by atoms with van der Waals surface area (Å²) >= 11 is 0. The quantitative estimate of drug-likeness (QED) is 0.391. The summed E-state index contributed by atoms with van der Waals surface area (Å²) in [6.45, 7) is 7.26. The Morgan fingerprint density at radius 2 is 1.82 bits per heavy atom. The lowest BCUT2D eigenvalue weighted by molar-refractivity contribution is 0.184. The first-order valence-corrected chi connectivity index (χ1v) is 11.7. The second-order valence-electron chi connectivity index (χ2n) is 8.82. The van der Waals surface area contributed by atoms with Crippen molar-refractivity contribution < 1.29 is 18.0 Å². The van der Waals surface area contributed by atoms with Crippen molar-refractivity contribution in [3.05, 3.63) is 77.2 Å². The predicted molar refractivity (Wildman–Crippen MR) is 123 cm³/mol. The van der Waals surface area contributed by atoms with Crippen LogP contribution in [0.4, 0.5) is 10.2 Å². The number of pyridine rings is 1. The zero-order chi connectivity index (χ0) is 24.1. The number of hydrogen-bond donors (Lipinski definition) is 3. The van der Waals surface area contributed by atoms with Gasteiger partial charge in [-0.25, -0.2) is 17.5 Å². The molecule has 0 spiro atoms. The van der Waals surface area contributed by atoms with Crippen molar-refractivity contribution in [3.63, 3.8) is 0 Å². The number of fused-ring (bicyclic) bond motifs is 1. The Hall–Kier alpha value is -3.66. The topological polar surface area (TPSA) is 113 Å². The first-order valence-electron chi connectivity index (χ1n) is 10.2. The Labute approximate surface area is 190 Å². The summed E-state index contributed by atoms with van der Waals surface area (Å²) in [4.78, 5) is -0.205. The SMILES string of the molecule is Cc1cc(NS(=O)(=O)c2ccc(C(C)(C)C)c(F)c2)n(-c2cccc3c2ccc(=N)n3O)n1. The van der Waals surface area contributed by atoms with Gasteiger partial charge in [0.15, 0.2) is 5.49 Å². The maximum atomic E-state index is 14.7. The molecular weight excluding hydrogens is 445 g/mol. The maximum Gasteiger partial charge on any atom is 0.263 e. The molecule has 0 saturated carbocycles. The maximum absolute atomic E-state index is 14.7. The highest BCUT2D eigenvalue weighted by Crippen LogP contribution is 2.29. The summed E-state index contributed by atoms with van der Waals surface area (Å²) in [6.07, 6.45) is 0. The van der Waals surface area contributed by atoms with Crippen LogP contribution in [-0.4, -0.2) is 28.1 Å². The van der Waals surface area contributed by atoms with Crippen LogP contribution >= 0.6 is 0 Å². The van der Waals surface area contributed by atoms with Crippen LogP contribution in [-0.2, 0) is 15.4 Å². The molecule has 2 aromatic carbocycles. The standard InChI is InChI=1S/C23H24FN5O3S/c1-14-12-22(27-33(31,32)15-8-10-17(18(24)13-15)23(2,3)4)28(26-14)19-6-5-7-20-16(19)9-11-21(25)29(20)30/h5-13,25,27,30H,1-4H3. The van der Waals surface area contributed by atoms with Gasteiger partial charge in [-0.05, 0) is 54.3 Å². The summed E-state index contributed by atoms with van der Waals surface area (Å²) in [5.41, 5.74) is 1.26. The van der Waals surface area contributed by atoms with Crippen LogP contribution in [0.1, 0.15) is 32.0 Å². The zero-order valence-electron chi connectivity index (χ0n) is 18.6. The molecule has 0 radical (unpaired) electrons. The molecule has 0 aliphatic carbocycles. The van der Waals surface area contributed by atoms with E-state index in [2.05, 4.69) is 9.82 Å². The smallest absolute Gasteiger partial charge is 0.263 e. The Morgan fingerprint density at radius 3 is 2.48 bits per heavy atom. The van der Waals surface area contributed by atoms with E-state index in [1.807, 2.05) is 20.8 Å². The largest absolute Gasteiger partial charge is 0.426 e. The molecule has 0 bridgehead atoms. The van der Waals surface area contributed by atoms with Crippen LogP contribution < -0.4 is 10.2 Å². The van der Waals surface area contributed by atoms with Gasteiger partial charge in [-0.2, -0.15) is 9.83 Å². The molecule has 33 heavy (non-hydrogen) atoms. The second kappa shape index (κ2) is 7.73. The molecule has 2 aromatic heterocycles. The lowest BCUT2D eigenvalue weighted by atomic mass is 9.87. The number of anilines is 1. The molecule has 8 nitrogen and oxygen atoms in total. The van der Waals surface area contributed by atoms with Gasteiger partial charge < -0.3 is 5.21 Å². The van der Waals surface area contributed by atoms with E-state index in [0.29, 0.717) is 27.8 Å². The number of aryl methyl sites for hydroxylation is 1. The molecule has 0 fully saturated rings. The lowest BCUT2D eigenvalue weighted by Gasteiger charge is -2.20. The number of benzene rings is 2. The molecule has 0 aliphatic heterocycles. The minimum absolute atomic E-state index is 0.0991. The Kier molecular flexibility index (Phi) is 5.28. The van der Waals surface area contributed by atoms with Crippen molar-refractivity contribution in [1.82, 2.24) is 14.5 Å². The van der Waals surface area contributed by atoms with Crippen molar-refractivity contribution in [3.8, 4) is 5.69 Å². The van der Waals surface area contributed by atoms with Crippen molar-refractivity contribution in [1.29, 1.82) is 5.41 Å². The average Bonchev–Trinajstić information content (AvgIpc) is 3.08. The fraction of sp³-hybridized carbons (Fsp3) is 0.217. The molecule has 0 atom stereocenters. The molecule has 172 valence electrons. The predicted octanol–water partition coefficient (Wildman–Crippen LogP) is 4.09. The van der Waals surface area contributed by atoms with Gasteiger partial charge in [-0.1, -0.05) is 32.9 Å². The summed E-state index contributed by atoms with van der Waals surface area (Å²) in [7, 11) is -4.12. The first-order chi connectivity index (χ1) is 15.4. The zero-order valence-corrected chi connectivity index (χ0v) is 19.4. The van der Waals surface area contributed by atoms with Crippen molar-refractivity contribution >= 4 is 26.7 Å². The van der Waals surface area contributed by atoms with E-state index in [0.717, 1.165) is 10.8 Å². The molecule has 0 unspecified atom stereocenters. The van der Waals surface area contributed by atoms with E-state index in [1.165, 1.54) is 22.9 Å². The minimum Gasteiger partial charge on any atom is -0.426 e. The van der Waals surface area contributed by atoms with E-state index < -0.39 is 21.3 Å². The van der Waals surface area contributed by atoms with E-state index in [-0.39, 0.29) is 16.2 Å². The van der Waals surface area contributed by atoms with Gasteiger partial charge >= 0.3 is 0 Å². The van der Waals surface area contributed by atoms with Crippen molar-refractivity contribution in [2.75, 3.05) is 4.72 Å². The van der Waals surface area contributed by atoms with Crippen LogP contribution in [0.3, 0.4) is 0 Å². The highest BCUT2D eigenvalue weighted by Gasteiger charge is 2.24. The van der Waals surface area contributed by atoms with Crippen LogP contribution in [0.15, 0.2) is 59.5 Å². The Balaban J connectivity index is 1.80. The summed E-state index contributed by atoms with van der Waals surface area (Å²) < 4.78 is 45.5. The first kappa shape index (κ1) is 22.5. The molecule has 3 N–H and O–H groups in total. The third-order valence-corrected chi connectivity index (χ3v) is 6.63. The molecule has 0 amide bonds.